The molecule has 0 N–H and O–H groups in total. The van der Waals surface area contributed by atoms with Crippen molar-refractivity contribution in [2.45, 2.75) is 26.2 Å². The Bertz CT molecular complexity index is 409. The Morgan fingerprint density at radius 3 is 2.31 bits per heavy atom. The Kier molecular flexibility index (Phi) is 2.06. The molecular weight excluding hydrogens is 198 g/mol. The molecule has 2 heteroatoms. The molecule has 1 aliphatic heterocycles. The van der Waals surface area contributed by atoms with Crippen LogP contribution >= 0.6 is 0 Å². The third-order valence-corrected chi connectivity index (χ3v) is 4.05. The molecular formula is C14H17NO. The van der Waals surface area contributed by atoms with Crippen molar-refractivity contribution in [2.24, 2.45) is 5.41 Å². The van der Waals surface area contributed by atoms with Gasteiger partial charge in [0.2, 0.25) is 0 Å². The average Bonchev–Trinajstić information content (AvgIpc) is 2.14. The minimum absolute atomic E-state index is 0.206. The highest BCUT2D eigenvalue weighted by molar-refractivity contribution is 5.94. The molecule has 2 nitrogen and oxygen atoms in total. The molecule has 84 valence electrons. The van der Waals surface area contributed by atoms with Crippen LogP contribution in [0.5, 0.6) is 0 Å². The number of rotatable bonds is 1. The molecule has 1 spiro atoms. The van der Waals surface area contributed by atoms with E-state index in [1.165, 1.54) is 24.8 Å². The van der Waals surface area contributed by atoms with E-state index in [0.717, 1.165) is 18.7 Å². The Morgan fingerprint density at radius 2 is 1.81 bits per heavy atom. The standard InChI is InChI=1S/C14H17NO/c1-11-3-5-12(6-4-11)13(16)15-9-14(10-15)7-2-8-14/h3-6H,2,7-10H2,1H3. The zero-order valence-electron chi connectivity index (χ0n) is 9.70. The van der Waals surface area contributed by atoms with Gasteiger partial charge in [-0.05, 0) is 31.9 Å². The van der Waals surface area contributed by atoms with E-state index in [1.54, 1.807) is 0 Å². The lowest BCUT2D eigenvalue weighted by Crippen LogP contribution is -2.61. The second kappa shape index (κ2) is 3.34. The fourth-order valence-electron chi connectivity index (χ4n) is 2.78. The van der Waals surface area contributed by atoms with Crippen LogP contribution in [0.25, 0.3) is 0 Å². The summed E-state index contributed by atoms with van der Waals surface area (Å²) >= 11 is 0. The van der Waals surface area contributed by atoms with Gasteiger partial charge in [-0.25, -0.2) is 0 Å². The van der Waals surface area contributed by atoms with E-state index in [4.69, 9.17) is 0 Å². The molecule has 2 aliphatic rings. The monoisotopic (exact) mass is 215 g/mol. The summed E-state index contributed by atoms with van der Waals surface area (Å²) in [6.07, 6.45) is 4.00. The van der Waals surface area contributed by atoms with Crippen LogP contribution in [0.1, 0.15) is 35.2 Å². The smallest absolute Gasteiger partial charge is 0.253 e. The van der Waals surface area contributed by atoms with Gasteiger partial charge in [0.05, 0.1) is 0 Å². The minimum Gasteiger partial charge on any atom is -0.337 e. The first-order valence-corrected chi connectivity index (χ1v) is 6.05. The van der Waals surface area contributed by atoms with Crippen LogP contribution in [0.2, 0.25) is 0 Å². The van der Waals surface area contributed by atoms with Crippen LogP contribution in [-0.4, -0.2) is 23.9 Å². The lowest BCUT2D eigenvalue weighted by atomic mass is 9.63. The molecule has 0 unspecified atom stereocenters. The molecule has 16 heavy (non-hydrogen) atoms. The molecule has 0 radical (unpaired) electrons. The van der Waals surface area contributed by atoms with Crippen LogP contribution in [0.3, 0.4) is 0 Å². The van der Waals surface area contributed by atoms with Gasteiger partial charge < -0.3 is 4.90 Å². The van der Waals surface area contributed by atoms with Crippen LogP contribution in [0, 0.1) is 12.3 Å². The minimum atomic E-state index is 0.206. The Morgan fingerprint density at radius 1 is 1.19 bits per heavy atom. The molecule has 1 amide bonds. The zero-order chi connectivity index (χ0) is 11.2. The molecule has 1 aromatic carbocycles. The number of hydrogen-bond acceptors (Lipinski definition) is 1. The highest BCUT2D eigenvalue weighted by Gasteiger charge is 2.48. The fourth-order valence-corrected chi connectivity index (χ4v) is 2.78. The van der Waals surface area contributed by atoms with Crippen LogP contribution in [-0.2, 0) is 0 Å². The second-order valence-corrected chi connectivity index (χ2v) is 5.38. The molecule has 0 bridgehead atoms. The van der Waals surface area contributed by atoms with Crippen LogP contribution in [0.4, 0.5) is 0 Å². The van der Waals surface area contributed by atoms with Crippen LogP contribution in [0.15, 0.2) is 24.3 Å². The van der Waals surface area contributed by atoms with E-state index < -0.39 is 0 Å². The number of carbonyl (C=O) groups excluding carboxylic acids is 1. The summed E-state index contributed by atoms with van der Waals surface area (Å²) in [5.41, 5.74) is 2.57. The van der Waals surface area contributed by atoms with Gasteiger partial charge in [0.15, 0.2) is 0 Å². The van der Waals surface area contributed by atoms with E-state index in [1.807, 2.05) is 36.1 Å². The summed E-state index contributed by atoms with van der Waals surface area (Å²) in [6.45, 7) is 4.01. The molecule has 1 aromatic rings. The van der Waals surface area contributed by atoms with E-state index in [9.17, 15) is 4.79 Å². The maximum Gasteiger partial charge on any atom is 0.253 e. The van der Waals surface area contributed by atoms with Crippen molar-refractivity contribution in [1.29, 1.82) is 0 Å². The molecule has 0 atom stereocenters. The first kappa shape index (κ1) is 9.88. The molecule has 1 saturated heterocycles. The maximum absolute atomic E-state index is 12.1. The van der Waals surface area contributed by atoms with E-state index in [2.05, 4.69) is 0 Å². The Hall–Kier alpha value is -1.31. The van der Waals surface area contributed by atoms with Gasteiger partial charge in [-0.2, -0.15) is 0 Å². The molecule has 0 aromatic heterocycles. The highest BCUT2D eigenvalue weighted by Crippen LogP contribution is 2.48. The quantitative estimate of drug-likeness (QED) is 0.705. The molecule has 1 heterocycles. The SMILES string of the molecule is Cc1ccc(C(=O)N2CC3(CCC3)C2)cc1. The number of likely N-dealkylation sites (tertiary alicyclic amines) is 1. The summed E-state index contributed by atoms with van der Waals surface area (Å²) in [5, 5.41) is 0. The predicted octanol–water partition coefficient (Wildman–Crippen LogP) is 2.62. The molecule has 1 saturated carbocycles. The molecule has 2 fully saturated rings. The van der Waals surface area contributed by atoms with Gasteiger partial charge in [0.1, 0.15) is 0 Å². The van der Waals surface area contributed by atoms with Crippen molar-refractivity contribution in [3.8, 4) is 0 Å². The number of aryl methyl sites for hydroxylation is 1. The molecule has 3 rings (SSSR count). The summed E-state index contributed by atoms with van der Waals surface area (Å²) in [7, 11) is 0. The van der Waals surface area contributed by atoms with Gasteiger partial charge in [-0.15, -0.1) is 0 Å². The highest BCUT2D eigenvalue weighted by atomic mass is 16.2. The summed E-state index contributed by atoms with van der Waals surface area (Å²) < 4.78 is 0. The average molecular weight is 215 g/mol. The van der Waals surface area contributed by atoms with E-state index in [-0.39, 0.29) is 5.91 Å². The lowest BCUT2D eigenvalue weighted by Gasteiger charge is -2.55. The topological polar surface area (TPSA) is 20.3 Å². The van der Waals surface area contributed by atoms with Crippen molar-refractivity contribution in [3.05, 3.63) is 35.4 Å². The summed E-state index contributed by atoms with van der Waals surface area (Å²) in [5.74, 6) is 0.206. The van der Waals surface area contributed by atoms with Gasteiger partial charge in [-0.1, -0.05) is 24.1 Å². The third-order valence-electron chi connectivity index (χ3n) is 4.05. The van der Waals surface area contributed by atoms with Gasteiger partial charge in [0, 0.05) is 24.1 Å². The van der Waals surface area contributed by atoms with Crippen molar-refractivity contribution >= 4 is 5.91 Å². The largest absolute Gasteiger partial charge is 0.337 e. The normalized spacial score (nSPS) is 21.4. The predicted molar refractivity (Wildman–Crippen MR) is 63.4 cm³/mol. The first-order valence-electron chi connectivity index (χ1n) is 6.05. The number of carbonyl (C=O) groups is 1. The number of hydrogen-bond donors (Lipinski definition) is 0. The van der Waals surface area contributed by atoms with Crippen molar-refractivity contribution in [2.75, 3.05) is 13.1 Å². The number of benzene rings is 1. The Balaban J connectivity index is 1.68. The van der Waals surface area contributed by atoms with Crippen molar-refractivity contribution < 1.29 is 4.79 Å². The Labute approximate surface area is 96.3 Å². The third kappa shape index (κ3) is 1.44. The summed E-state index contributed by atoms with van der Waals surface area (Å²) in [6, 6.07) is 7.88. The lowest BCUT2D eigenvalue weighted by molar-refractivity contribution is -0.0426. The molecule has 1 aliphatic carbocycles. The second-order valence-electron chi connectivity index (χ2n) is 5.38. The van der Waals surface area contributed by atoms with Crippen LogP contribution < -0.4 is 0 Å². The zero-order valence-corrected chi connectivity index (χ0v) is 9.70. The van der Waals surface area contributed by atoms with Gasteiger partial charge in [-0.3, -0.25) is 4.79 Å². The van der Waals surface area contributed by atoms with Gasteiger partial charge in [0.25, 0.3) is 5.91 Å². The summed E-state index contributed by atoms with van der Waals surface area (Å²) in [4.78, 5) is 14.1. The number of amides is 1. The van der Waals surface area contributed by atoms with E-state index in [0.29, 0.717) is 5.41 Å². The first-order chi connectivity index (χ1) is 7.69. The number of nitrogens with zero attached hydrogens (tertiary/aromatic N) is 1. The van der Waals surface area contributed by atoms with Gasteiger partial charge >= 0.3 is 0 Å². The van der Waals surface area contributed by atoms with E-state index >= 15 is 0 Å². The van der Waals surface area contributed by atoms with Crippen molar-refractivity contribution in [3.63, 3.8) is 0 Å². The van der Waals surface area contributed by atoms with Crippen molar-refractivity contribution in [1.82, 2.24) is 4.90 Å². The fraction of sp³-hybridized carbons (Fsp3) is 0.500. The maximum atomic E-state index is 12.1.